The number of aromatic nitrogens is 1. The highest BCUT2D eigenvalue weighted by atomic mass is 32.1. The van der Waals surface area contributed by atoms with Gasteiger partial charge in [-0.05, 0) is 11.4 Å². The summed E-state index contributed by atoms with van der Waals surface area (Å²) in [6.45, 7) is 3.59. The van der Waals surface area contributed by atoms with Crippen LogP contribution in [-0.2, 0) is 10.9 Å². The highest BCUT2D eigenvalue weighted by molar-refractivity contribution is 7.15. The van der Waals surface area contributed by atoms with Crippen LogP contribution in [-0.4, -0.2) is 49.8 Å². The molecule has 2 aromatic heterocycles. The Labute approximate surface area is 146 Å². The van der Waals surface area contributed by atoms with Crippen LogP contribution in [0.3, 0.4) is 0 Å². The van der Waals surface area contributed by atoms with E-state index in [1.165, 1.54) is 4.88 Å². The summed E-state index contributed by atoms with van der Waals surface area (Å²) >= 11 is 2.35. The molecule has 1 unspecified atom stereocenters. The lowest BCUT2D eigenvalue weighted by Crippen LogP contribution is -2.43. The van der Waals surface area contributed by atoms with Gasteiger partial charge in [-0.25, -0.2) is 4.98 Å². The average Bonchev–Trinajstić information content (AvgIpc) is 3.24. The van der Waals surface area contributed by atoms with E-state index in [0.29, 0.717) is 36.2 Å². The van der Waals surface area contributed by atoms with Gasteiger partial charge in [0.15, 0.2) is 5.13 Å². The van der Waals surface area contributed by atoms with Gasteiger partial charge < -0.3 is 9.64 Å². The minimum atomic E-state index is -4.34. The molecule has 24 heavy (non-hydrogen) atoms. The van der Waals surface area contributed by atoms with E-state index in [-0.39, 0.29) is 6.04 Å². The molecule has 0 aromatic carbocycles. The minimum absolute atomic E-state index is 0.122. The number of halogens is 3. The van der Waals surface area contributed by atoms with Crippen molar-refractivity contribution in [2.75, 3.05) is 44.8 Å². The van der Waals surface area contributed by atoms with Crippen LogP contribution < -0.4 is 4.90 Å². The predicted molar refractivity (Wildman–Crippen MR) is 89.8 cm³/mol. The van der Waals surface area contributed by atoms with Crippen LogP contribution >= 0.6 is 22.7 Å². The molecule has 9 heteroatoms. The molecule has 4 nitrogen and oxygen atoms in total. The molecule has 3 heterocycles. The second kappa shape index (κ2) is 7.38. The van der Waals surface area contributed by atoms with Crippen molar-refractivity contribution in [1.82, 2.24) is 9.88 Å². The predicted octanol–water partition coefficient (Wildman–Crippen LogP) is 3.73. The molecule has 132 valence electrons. The van der Waals surface area contributed by atoms with Crippen molar-refractivity contribution in [1.29, 1.82) is 0 Å². The summed E-state index contributed by atoms with van der Waals surface area (Å²) in [4.78, 5) is 8.62. The first-order valence-electron chi connectivity index (χ1n) is 7.54. The lowest BCUT2D eigenvalue weighted by Gasteiger charge is -2.36. The smallest absolute Gasteiger partial charge is 0.379 e. The third-order valence-corrected chi connectivity index (χ3v) is 6.03. The summed E-state index contributed by atoms with van der Waals surface area (Å²) in [5.41, 5.74) is 0. The normalized spacial score (nSPS) is 17.8. The lowest BCUT2D eigenvalue weighted by molar-refractivity contribution is -0.134. The number of thiazole rings is 1. The number of anilines is 1. The van der Waals surface area contributed by atoms with Gasteiger partial charge in [-0.3, -0.25) is 4.90 Å². The van der Waals surface area contributed by atoms with Gasteiger partial charge >= 0.3 is 6.18 Å². The van der Waals surface area contributed by atoms with Crippen LogP contribution in [0, 0.1) is 0 Å². The molecular formula is C15H18F3N3OS2. The zero-order chi connectivity index (χ0) is 17.2. The largest absolute Gasteiger partial charge is 0.427 e. The fourth-order valence-electron chi connectivity index (χ4n) is 2.67. The molecule has 0 N–H and O–H groups in total. The third-order valence-electron chi connectivity index (χ3n) is 3.90. The molecule has 1 fully saturated rings. The summed E-state index contributed by atoms with van der Waals surface area (Å²) in [7, 11) is 1.79. The number of nitrogens with zero attached hydrogens (tertiary/aromatic N) is 3. The van der Waals surface area contributed by atoms with E-state index in [9.17, 15) is 13.2 Å². The molecule has 1 aliphatic rings. The molecule has 0 bridgehead atoms. The molecule has 2 aromatic rings. The summed E-state index contributed by atoms with van der Waals surface area (Å²) in [6.07, 6.45) is -3.43. The van der Waals surface area contributed by atoms with Gasteiger partial charge in [-0.1, -0.05) is 17.4 Å². The maximum absolute atomic E-state index is 12.8. The lowest BCUT2D eigenvalue weighted by atomic mass is 10.2. The number of alkyl halides is 3. The molecule has 0 radical (unpaired) electrons. The summed E-state index contributed by atoms with van der Waals surface area (Å²) in [5.74, 6) is 0. The molecular weight excluding hydrogens is 359 g/mol. The topological polar surface area (TPSA) is 28.6 Å². The van der Waals surface area contributed by atoms with Crippen LogP contribution in [0.15, 0.2) is 23.7 Å². The van der Waals surface area contributed by atoms with Crippen molar-refractivity contribution < 1.29 is 17.9 Å². The first-order valence-corrected chi connectivity index (χ1v) is 9.24. The first kappa shape index (κ1) is 17.7. The number of thiophene rings is 1. The molecule has 3 rings (SSSR count). The highest BCUT2D eigenvalue weighted by Crippen LogP contribution is 2.37. The van der Waals surface area contributed by atoms with Crippen molar-refractivity contribution in [3.05, 3.63) is 33.5 Å². The van der Waals surface area contributed by atoms with Crippen molar-refractivity contribution in [3.8, 4) is 0 Å². The Morgan fingerprint density at radius 2 is 2.12 bits per heavy atom. The Morgan fingerprint density at radius 3 is 2.71 bits per heavy atom. The van der Waals surface area contributed by atoms with Crippen LogP contribution in [0.5, 0.6) is 0 Å². The second-order valence-electron chi connectivity index (χ2n) is 5.56. The summed E-state index contributed by atoms with van der Waals surface area (Å²) in [6, 6.07) is 4.19. The maximum Gasteiger partial charge on any atom is 0.427 e. The van der Waals surface area contributed by atoms with E-state index in [4.69, 9.17) is 4.74 Å². The number of morpholine rings is 1. The Hall–Kier alpha value is -1.16. The van der Waals surface area contributed by atoms with Crippen LogP contribution in [0.1, 0.15) is 15.8 Å². The number of rotatable bonds is 5. The van der Waals surface area contributed by atoms with Crippen molar-refractivity contribution in [3.63, 3.8) is 0 Å². The Kier molecular flexibility index (Phi) is 5.43. The van der Waals surface area contributed by atoms with E-state index in [2.05, 4.69) is 16.0 Å². The third kappa shape index (κ3) is 4.08. The van der Waals surface area contributed by atoms with Crippen LogP contribution in [0.4, 0.5) is 18.3 Å². The second-order valence-corrected chi connectivity index (χ2v) is 7.55. The van der Waals surface area contributed by atoms with Crippen molar-refractivity contribution in [2.45, 2.75) is 12.2 Å². The van der Waals surface area contributed by atoms with Gasteiger partial charge in [0.1, 0.15) is 4.88 Å². The number of ether oxygens (including phenoxy) is 1. The van der Waals surface area contributed by atoms with E-state index in [0.717, 1.165) is 19.3 Å². The number of hydrogen-bond acceptors (Lipinski definition) is 6. The van der Waals surface area contributed by atoms with Gasteiger partial charge in [-0.15, -0.1) is 11.3 Å². The molecule has 0 aliphatic carbocycles. The fraction of sp³-hybridized carbons (Fsp3) is 0.533. The van der Waals surface area contributed by atoms with Gasteiger partial charge in [0.2, 0.25) is 0 Å². The highest BCUT2D eigenvalue weighted by Gasteiger charge is 2.34. The van der Waals surface area contributed by atoms with Crippen LogP contribution in [0.2, 0.25) is 0 Å². The standard InChI is InChI=1S/C15H18F3N3OS2/c1-20(14-19-9-13(24-14)15(16,17)18)10-11(12-3-2-8-23-12)21-4-6-22-7-5-21/h2-3,8-9,11H,4-7,10H2,1H3. The molecule has 0 spiro atoms. The minimum Gasteiger partial charge on any atom is -0.379 e. The maximum atomic E-state index is 12.8. The van der Waals surface area contributed by atoms with Crippen molar-refractivity contribution in [2.24, 2.45) is 0 Å². The Balaban J connectivity index is 1.75. The van der Waals surface area contributed by atoms with Gasteiger partial charge in [0.05, 0.1) is 25.5 Å². The monoisotopic (exact) mass is 377 g/mol. The molecule has 0 amide bonds. The SMILES string of the molecule is CN(CC(c1cccs1)N1CCOCC1)c1ncc(C(F)(F)F)s1. The van der Waals surface area contributed by atoms with Gasteiger partial charge in [-0.2, -0.15) is 13.2 Å². The zero-order valence-electron chi connectivity index (χ0n) is 13.1. The molecule has 1 aliphatic heterocycles. The average molecular weight is 377 g/mol. The number of likely N-dealkylation sites (N-methyl/N-ethyl adjacent to an activating group) is 1. The van der Waals surface area contributed by atoms with Crippen molar-refractivity contribution >= 4 is 27.8 Å². The Bertz CT molecular complexity index is 639. The molecule has 0 saturated carbocycles. The number of hydrogen-bond donors (Lipinski definition) is 0. The van der Waals surface area contributed by atoms with E-state index in [1.807, 2.05) is 11.4 Å². The van der Waals surface area contributed by atoms with Crippen LogP contribution in [0.25, 0.3) is 0 Å². The quantitative estimate of drug-likeness (QED) is 0.794. The zero-order valence-corrected chi connectivity index (χ0v) is 14.8. The Morgan fingerprint density at radius 1 is 1.38 bits per heavy atom. The van der Waals surface area contributed by atoms with E-state index in [1.54, 1.807) is 23.3 Å². The van der Waals surface area contributed by atoms with E-state index < -0.39 is 11.1 Å². The van der Waals surface area contributed by atoms with Gasteiger partial charge in [0, 0.05) is 31.6 Å². The summed E-state index contributed by atoms with van der Waals surface area (Å²) < 4.78 is 43.7. The summed E-state index contributed by atoms with van der Waals surface area (Å²) in [5, 5.41) is 2.41. The van der Waals surface area contributed by atoms with E-state index >= 15 is 0 Å². The van der Waals surface area contributed by atoms with Gasteiger partial charge in [0.25, 0.3) is 0 Å². The first-order chi connectivity index (χ1) is 11.4. The fourth-order valence-corrected chi connectivity index (χ4v) is 4.27. The molecule has 1 atom stereocenters. The molecule has 1 saturated heterocycles.